The van der Waals surface area contributed by atoms with Crippen LogP contribution in [-0.2, 0) is 0 Å². The molecule has 1 aromatic heterocycles. The number of aromatic nitrogens is 1. The van der Waals surface area contributed by atoms with Crippen LogP contribution in [0, 0.1) is 0 Å². The van der Waals surface area contributed by atoms with E-state index in [2.05, 4.69) is 10.6 Å². The van der Waals surface area contributed by atoms with Gasteiger partial charge in [-0.25, -0.2) is 0 Å². The van der Waals surface area contributed by atoms with E-state index in [1.165, 1.54) is 6.42 Å². The lowest BCUT2D eigenvalue weighted by Crippen LogP contribution is -2.40. The molecule has 0 bridgehead atoms. The zero-order valence-corrected chi connectivity index (χ0v) is 20.9. The van der Waals surface area contributed by atoms with Crippen molar-refractivity contribution in [3.63, 3.8) is 0 Å². The third-order valence-corrected chi connectivity index (χ3v) is 7.36. The lowest BCUT2D eigenvalue weighted by Gasteiger charge is -2.23. The Bertz CT molecular complexity index is 1350. The number of methoxy groups -OCH3 is 1. The van der Waals surface area contributed by atoms with E-state index in [0.717, 1.165) is 60.6 Å². The van der Waals surface area contributed by atoms with Crippen molar-refractivity contribution in [1.82, 2.24) is 15.2 Å². The van der Waals surface area contributed by atoms with Crippen LogP contribution >= 0.6 is 0 Å². The summed E-state index contributed by atoms with van der Waals surface area (Å²) in [6, 6.07) is 11.8. The molecule has 3 aromatic rings. The van der Waals surface area contributed by atoms with Crippen LogP contribution in [-0.4, -0.2) is 29.5 Å². The number of pyridine rings is 1. The molecule has 1 heterocycles. The maximum absolute atomic E-state index is 13.3. The van der Waals surface area contributed by atoms with Crippen LogP contribution in [0.1, 0.15) is 90.2 Å². The maximum Gasteiger partial charge on any atom is 0.257 e. The van der Waals surface area contributed by atoms with Crippen molar-refractivity contribution in [2.24, 2.45) is 0 Å². The van der Waals surface area contributed by atoms with E-state index < -0.39 is 11.3 Å². The van der Waals surface area contributed by atoms with Crippen molar-refractivity contribution in [2.45, 2.75) is 70.0 Å². The summed E-state index contributed by atoms with van der Waals surface area (Å²) in [7, 11) is 1.64. The third kappa shape index (κ3) is 5.15. The van der Waals surface area contributed by atoms with Gasteiger partial charge >= 0.3 is 0 Å². The fourth-order valence-corrected chi connectivity index (χ4v) is 5.01. The first kappa shape index (κ1) is 24.1. The van der Waals surface area contributed by atoms with Gasteiger partial charge in [0.25, 0.3) is 11.8 Å². The van der Waals surface area contributed by atoms with Gasteiger partial charge in [-0.05, 0) is 67.1 Å². The summed E-state index contributed by atoms with van der Waals surface area (Å²) in [5, 5.41) is 8.07. The zero-order valence-electron chi connectivity index (χ0n) is 20.9. The lowest BCUT2D eigenvalue weighted by molar-refractivity contribution is 0.0925. The van der Waals surface area contributed by atoms with E-state index >= 15 is 0 Å². The number of carbonyl (C=O) groups excluding carboxylic acids is 2. The first-order valence-corrected chi connectivity index (χ1v) is 12.9. The van der Waals surface area contributed by atoms with Crippen LogP contribution < -0.4 is 20.8 Å². The van der Waals surface area contributed by atoms with Crippen molar-refractivity contribution < 1.29 is 14.3 Å². The molecular weight excluding hydrogens is 454 g/mol. The molecule has 2 aliphatic carbocycles. The third-order valence-electron chi connectivity index (χ3n) is 7.36. The summed E-state index contributed by atoms with van der Waals surface area (Å²) < 4.78 is 7.16. The Morgan fingerprint density at radius 1 is 0.917 bits per heavy atom. The number of ether oxygens (including phenoxy) is 1. The van der Waals surface area contributed by atoms with Crippen LogP contribution in [0.4, 0.5) is 0 Å². The van der Waals surface area contributed by atoms with Gasteiger partial charge in [0.2, 0.25) is 5.43 Å². The number of nitrogens with one attached hydrogen (secondary N) is 2. The molecule has 36 heavy (non-hydrogen) atoms. The maximum atomic E-state index is 13.3. The zero-order chi connectivity index (χ0) is 25.2. The van der Waals surface area contributed by atoms with E-state index in [4.69, 9.17) is 4.74 Å². The molecule has 7 nitrogen and oxygen atoms in total. The number of benzene rings is 2. The van der Waals surface area contributed by atoms with Gasteiger partial charge in [-0.2, -0.15) is 0 Å². The van der Waals surface area contributed by atoms with Crippen molar-refractivity contribution in [1.29, 1.82) is 0 Å². The normalized spacial score (nSPS) is 16.9. The Balaban J connectivity index is 1.38. The molecule has 0 radical (unpaired) electrons. The topological polar surface area (TPSA) is 89.4 Å². The van der Waals surface area contributed by atoms with Gasteiger partial charge in [0.15, 0.2) is 0 Å². The van der Waals surface area contributed by atoms with Crippen molar-refractivity contribution in [3.8, 4) is 5.75 Å². The molecule has 2 saturated carbocycles. The number of nitrogens with zero attached hydrogens (tertiary/aromatic N) is 1. The average molecular weight is 488 g/mol. The van der Waals surface area contributed by atoms with E-state index in [9.17, 15) is 14.4 Å². The minimum Gasteiger partial charge on any atom is -0.497 e. The molecule has 0 aliphatic heterocycles. The summed E-state index contributed by atoms with van der Waals surface area (Å²) in [6.07, 6.45) is 10.4. The smallest absolute Gasteiger partial charge is 0.257 e. The molecule has 1 atom stereocenters. The van der Waals surface area contributed by atoms with E-state index in [0.29, 0.717) is 0 Å². The van der Waals surface area contributed by atoms with Crippen molar-refractivity contribution in [2.75, 3.05) is 7.11 Å². The summed E-state index contributed by atoms with van der Waals surface area (Å²) in [6.45, 7) is 1.89. The van der Waals surface area contributed by atoms with Gasteiger partial charge in [-0.15, -0.1) is 0 Å². The van der Waals surface area contributed by atoms with Crippen LogP contribution in [0.25, 0.3) is 10.8 Å². The van der Waals surface area contributed by atoms with Crippen LogP contribution in [0.2, 0.25) is 0 Å². The highest BCUT2D eigenvalue weighted by Crippen LogP contribution is 2.34. The fourth-order valence-electron chi connectivity index (χ4n) is 5.01. The molecule has 2 aliphatic rings. The summed E-state index contributed by atoms with van der Waals surface area (Å²) in [5.74, 6) is -0.0612. The van der Waals surface area contributed by atoms with Crippen LogP contribution in [0.5, 0.6) is 5.75 Å². The number of hydrogen-bond donors (Lipinski definition) is 2. The van der Waals surface area contributed by atoms with E-state index in [1.54, 1.807) is 19.5 Å². The SMILES string of the molecule is COc1ccc2cc([C@H](C)NC(=O)c3cn(C4CC4)cc(C(=O)NC4CCCCC4)c3=O)ccc2c1. The largest absolute Gasteiger partial charge is 0.497 e. The molecule has 5 rings (SSSR count). The van der Waals surface area contributed by atoms with Gasteiger partial charge in [0, 0.05) is 24.5 Å². The van der Waals surface area contributed by atoms with Gasteiger partial charge in [0.1, 0.15) is 16.9 Å². The Hall–Kier alpha value is -3.61. The second-order valence-electron chi connectivity index (χ2n) is 10.1. The number of amides is 2. The Morgan fingerprint density at radius 2 is 1.58 bits per heavy atom. The first-order chi connectivity index (χ1) is 17.4. The Morgan fingerprint density at radius 3 is 2.28 bits per heavy atom. The molecule has 2 amide bonds. The van der Waals surface area contributed by atoms with E-state index in [-0.39, 0.29) is 35.2 Å². The summed E-state index contributed by atoms with van der Waals surface area (Å²) in [4.78, 5) is 39.6. The molecule has 2 N–H and O–H groups in total. The standard InChI is InChI=1S/C29H33N3O4/c1-18(19-8-9-21-15-24(36-2)13-10-20(21)14-19)30-28(34)25-16-32(23-11-12-23)17-26(27(25)33)29(35)31-22-6-4-3-5-7-22/h8-10,13-18,22-23H,3-7,11-12H2,1-2H3,(H,30,34)(H,31,35)/t18-/m0/s1. The fraction of sp³-hybridized carbons (Fsp3) is 0.414. The Kier molecular flexibility index (Phi) is 6.81. The minimum atomic E-state index is -0.518. The molecule has 0 unspecified atom stereocenters. The Labute approximate surface area is 210 Å². The van der Waals surface area contributed by atoms with Crippen LogP contribution in [0.15, 0.2) is 53.6 Å². The second kappa shape index (κ2) is 10.2. The predicted octanol–water partition coefficient (Wildman–Crippen LogP) is 4.90. The quantitative estimate of drug-likeness (QED) is 0.496. The van der Waals surface area contributed by atoms with Crippen LogP contribution in [0.3, 0.4) is 0 Å². The van der Waals surface area contributed by atoms with Crippen molar-refractivity contribution in [3.05, 3.63) is 75.7 Å². The highest BCUT2D eigenvalue weighted by atomic mass is 16.5. The first-order valence-electron chi connectivity index (χ1n) is 12.9. The number of rotatable bonds is 7. The lowest BCUT2D eigenvalue weighted by atomic mass is 9.95. The predicted molar refractivity (Wildman–Crippen MR) is 140 cm³/mol. The molecule has 0 saturated heterocycles. The van der Waals surface area contributed by atoms with Gasteiger partial charge in [0.05, 0.1) is 13.2 Å². The average Bonchev–Trinajstić information content (AvgIpc) is 3.74. The minimum absolute atomic E-state index is 0.00979. The molecule has 0 spiro atoms. The summed E-state index contributed by atoms with van der Waals surface area (Å²) in [5.41, 5.74) is 0.466. The molecule has 2 fully saturated rings. The molecule has 188 valence electrons. The summed E-state index contributed by atoms with van der Waals surface area (Å²) >= 11 is 0. The monoisotopic (exact) mass is 487 g/mol. The highest BCUT2D eigenvalue weighted by molar-refractivity contribution is 5.99. The second-order valence-corrected chi connectivity index (χ2v) is 10.1. The number of fused-ring (bicyclic) bond motifs is 1. The van der Waals surface area contributed by atoms with Gasteiger partial charge in [-0.3, -0.25) is 14.4 Å². The molecular formula is C29H33N3O4. The van der Waals surface area contributed by atoms with Crippen molar-refractivity contribution >= 4 is 22.6 Å². The molecule has 7 heteroatoms. The van der Waals surface area contributed by atoms with Gasteiger partial charge in [-0.1, -0.05) is 37.5 Å². The number of hydrogen-bond acceptors (Lipinski definition) is 4. The van der Waals surface area contributed by atoms with Gasteiger partial charge < -0.3 is 19.9 Å². The number of carbonyl (C=O) groups is 2. The highest BCUT2D eigenvalue weighted by Gasteiger charge is 2.28. The van der Waals surface area contributed by atoms with E-state index in [1.807, 2.05) is 47.9 Å². The molecule has 2 aromatic carbocycles.